The Balaban J connectivity index is 1.88. The lowest BCUT2D eigenvalue weighted by molar-refractivity contribution is 0.0994. The zero-order valence-electron chi connectivity index (χ0n) is 16.1. The molecule has 0 spiro atoms. The summed E-state index contributed by atoms with van der Waals surface area (Å²) in [6, 6.07) is 9.73. The van der Waals surface area contributed by atoms with Crippen LogP contribution in [-0.2, 0) is 16.4 Å². The number of thiazole rings is 1. The summed E-state index contributed by atoms with van der Waals surface area (Å²) in [6.07, 6.45) is 5.53. The molecule has 0 N–H and O–H groups in total. The summed E-state index contributed by atoms with van der Waals surface area (Å²) in [5, 5.41) is 0. The fraction of sp³-hybridized carbons (Fsp3) is 0.238. The van der Waals surface area contributed by atoms with Crippen molar-refractivity contribution in [2.24, 2.45) is 4.99 Å². The van der Waals surface area contributed by atoms with Gasteiger partial charge in [-0.1, -0.05) is 36.3 Å². The number of terminal acetylenes is 1. The van der Waals surface area contributed by atoms with Gasteiger partial charge in [0.1, 0.15) is 13.2 Å². The van der Waals surface area contributed by atoms with Crippen LogP contribution in [0.4, 0.5) is 0 Å². The van der Waals surface area contributed by atoms with Crippen molar-refractivity contribution in [1.29, 1.82) is 0 Å². The minimum Gasteiger partial charge on any atom is -0.486 e. The first-order valence-electron chi connectivity index (χ1n) is 9.22. The number of ether oxygens (including phenoxy) is 2. The SMILES string of the molecule is C#CCn1c(=NC(=O)c2ccccc2S(=O)(=O)CC)sc2cc3c(cc21)OCCO3. The number of hydrogen-bond acceptors (Lipinski definition) is 6. The van der Waals surface area contributed by atoms with Gasteiger partial charge >= 0.3 is 0 Å². The molecule has 1 aliphatic rings. The minimum atomic E-state index is -3.57. The van der Waals surface area contributed by atoms with Gasteiger partial charge in [0.05, 0.1) is 33.0 Å². The molecule has 0 aliphatic carbocycles. The van der Waals surface area contributed by atoms with E-state index in [0.717, 1.165) is 10.2 Å². The number of rotatable bonds is 4. The predicted octanol–water partition coefficient (Wildman–Crippen LogP) is 2.64. The topological polar surface area (TPSA) is 87.0 Å². The molecule has 0 radical (unpaired) electrons. The fourth-order valence-electron chi connectivity index (χ4n) is 3.15. The van der Waals surface area contributed by atoms with Crippen LogP contribution in [0, 0.1) is 12.3 Å². The number of carbonyl (C=O) groups excluding carboxylic acids is 1. The maximum atomic E-state index is 12.9. The van der Waals surface area contributed by atoms with Crippen LogP contribution in [-0.4, -0.2) is 37.9 Å². The van der Waals surface area contributed by atoms with Crippen LogP contribution in [0.5, 0.6) is 11.5 Å². The van der Waals surface area contributed by atoms with Crippen LogP contribution < -0.4 is 14.3 Å². The summed E-state index contributed by atoms with van der Waals surface area (Å²) in [7, 11) is -3.57. The van der Waals surface area contributed by atoms with Crippen LogP contribution in [0.3, 0.4) is 0 Å². The van der Waals surface area contributed by atoms with Crippen LogP contribution in [0.1, 0.15) is 17.3 Å². The Kier molecular flexibility index (Phi) is 5.37. The van der Waals surface area contributed by atoms with Gasteiger partial charge in [-0.05, 0) is 12.1 Å². The van der Waals surface area contributed by atoms with Crippen molar-refractivity contribution < 1.29 is 22.7 Å². The molecule has 4 rings (SSSR count). The fourth-order valence-corrected chi connectivity index (χ4v) is 5.28. The molecule has 2 heterocycles. The third kappa shape index (κ3) is 3.60. The predicted molar refractivity (Wildman–Crippen MR) is 114 cm³/mol. The molecular formula is C21H18N2O5S2. The second kappa shape index (κ2) is 7.97. The quantitative estimate of drug-likeness (QED) is 0.580. The molecule has 0 fully saturated rings. The number of aromatic nitrogens is 1. The first kappa shape index (κ1) is 20.2. The molecule has 0 atom stereocenters. The van der Waals surface area contributed by atoms with Gasteiger partial charge in [-0.25, -0.2) is 8.42 Å². The van der Waals surface area contributed by atoms with Crippen molar-refractivity contribution in [3.63, 3.8) is 0 Å². The van der Waals surface area contributed by atoms with Gasteiger partial charge < -0.3 is 14.0 Å². The molecule has 0 bridgehead atoms. The molecule has 9 heteroatoms. The number of benzene rings is 2. The summed E-state index contributed by atoms with van der Waals surface area (Å²) in [5.41, 5.74) is 0.804. The molecule has 7 nitrogen and oxygen atoms in total. The summed E-state index contributed by atoms with van der Waals surface area (Å²) in [4.78, 5) is 17.5. The number of hydrogen-bond donors (Lipinski definition) is 0. The highest BCUT2D eigenvalue weighted by Crippen LogP contribution is 2.35. The van der Waals surface area contributed by atoms with Gasteiger partial charge in [-0.2, -0.15) is 4.99 Å². The Morgan fingerprint density at radius 3 is 2.63 bits per heavy atom. The first-order chi connectivity index (χ1) is 14.4. The van der Waals surface area contributed by atoms with Crippen molar-refractivity contribution in [2.45, 2.75) is 18.4 Å². The van der Waals surface area contributed by atoms with Crippen LogP contribution in [0.2, 0.25) is 0 Å². The van der Waals surface area contributed by atoms with Gasteiger partial charge in [0.15, 0.2) is 26.1 Å². The molecule has 2 aromatic carbocycles. The minimum absolute atomic E-state index is 0.0249. The normalized spacial score (nSPS) is 13.9. The van der Waals surface area contributed by atoms with E-state index in [0.29, 0.717) is 29.5 Å². The van der Waals surface area contributed by atoms with Gasteiger partial charge in [-0.15, -0.1) is 6.42 Å². The third-order valence-corrected chi connectivity index (χ3v) is 7.45. The number of nitrogens with zero attached hydrogens (tertiary/aromatic N) is 2. The molecule has 30 heavy (non-hydrogen) atoms. The summed E-state index contributed by atoms with van der Waals surface area (Å²) >= 11 is 1.27. The average Bonchev–Trinajstić information content (AvgIpc) is 3.08. The van der Waals surface area contributed by atoms with E-state index >= 15 is 0 Å². The Labute approximate surface area is 177 Å². The number of fused-ring (bicyclic) bond motifs is 2. The number of sulfone groups is 1. The van der Waals surface area contributed by atoms with Crippen molar-refractivity contribution in [3.05, 3.63) is 46.8 Å². The Morgan fingerprint density at radius 1 is 1.23 bits per heavy atom. The third-order valence-electron chi connectivity index (χ3n) is 4.63. The summed E-state index contributed by atoms with van der Waals surface area (Å²) < 4.78 is 38.6. The lowest BCUT2D eigenvalue weighted by Gasteiger charge is -2.18. The van der Waals surface area contributed by atoms with Crippen molar-refractivity contribution in [2.75, 3.05) is 19.0 Å². The average molecular weight is 443 g/mol. The zero-order chi connectivity index (χ0) is 21.3. The van der Waals surface area contributed by atoms with E-state index in [1.807, 2.05) is 12.1 Å². The molecule has 154 valence electrons. The van der Waals surface area contributed by atoms with Crippen LogP contribution >= 0.6 is 11.3 Å². The molecule has 1 aromatic heterocycles. The Morgan fingerprint density at radius 2 is 1.93 bits per heavy atom. The highest BCUT2D eigenvalue weighted by molar-refractivity contribution is 7.91. The van der Waals surface area contributed by atoms with E-state index in [9.17, 15) is 13.2 Å². The van der Waals surface area contributed by atoms with E-state index in [2.05, 4.69) is 10.9 Å². The highest BCUT2D eigenvalue weighted by Gasteiger charge is 2.21. The summed E-state index contributed by atoms with van der Waals surface area (Å²) in [5.74, 6) is 3.05. The second-order valence-corrected chi connectivity index (χ2v) is 9.71. The molecular weight excluding hydrogens is 424 g/mol. The van der Waals surface area contributed by atoms with Gasteiger partial charge in [0.2, 0.25) is 0 Å². The van der Waals surface area contributed by atoms with E-state index < -0.39 is 15.7 Å². The zero-order valence-corrected chi connectivity index (χ0v) is 17.8. The smallest absolute Gasteiger partial charge is 0.280 e. The van der Waals surface area contributed by atoms with Gasteiger partial charge in [0.25, 0.3) is 5.91 Å². The molecule has 0 unspecified atom stereocenters. The van der Waals surface area contributed by atoms with Crippen molar-refractivity contribution in [3.8, 4) is 23.8 Å². The lowest BCUT2D eigenvalue weighted by Crippen LogP contribution is -2.18. The van der Waals surface area contributed by atoms with Crippen LogP contribution in [0.15, 0.2) is 46.3 Å². The Hall–Kier alpha value is -3.09. The second-order valence-electron chi connectivity index (χ2n) is 6.46. The number of carbonyl (C=O) groups is 1. The molecule has 1 amide bonds. The maximum absolute atomic E-state index is 12.9. The van der Waals surface area contributed by atoms with Gasteiger partial charge in [0, 0.05) is 12.1 Å². The monoisotopic (exact) mass is 442 g/mol. The number of amides is 1. The van der Waals surface area contributed by atoms with Crippen molar-refractivity contribution >= 4 is 37.3 Å². The van der Waals surface area contributed by atoms with E-state index in [1.54, 1.807) is 16.7 Å². The molecule has 1 aliphatic heterocycles. The van der Waals surface area contributed by atoms with Gasteiger partial charge in [-0.3, -0.25) is 4.79 Å². The highest BCUT2D eigenvalue weighted by atomic mass is 32.2. The Bertz CT molecular complexity index is 1360. The molecule has 0 saturated heterocycles. The molecule has 3 aromatic rings. The van der Waals surface area contributed by atoms with Crippen LogP contribution in [0.25, 0.3) is 10.2 Å². The first-order valence-corrected chi connectivity index (χ1v) is 11.7. The van der Waals surface area contributed by atoms with E-state index in [1.165, 1.54) is 30.4 Å². The van der Waals surface area contributed by atoms with E-state index in [4.69, 9.17) is 15.9 Å². The lowest BCUT2D eigenvalue weighted by atomic mass is 10.2. The largest absolute Gasteiger partial charge is 0.486 e. The standard InChI is InChI=1S/C21H18N2O5S2/c1-3-9-23-15-12-16-17(28-11-10-27-16)13-18(15)29-21(23)22-20(24)14-7-5-6-8-19(14)30(25,26)4-2/h1,5-8,12-13H,4,9-11H2,2H3. The van der Waals surface area contributed by atoms with Crippen molar-refractivity contribution in [1.82, 2.24) is 4.57 Å². The summed E-state index contributed by atoms with van der Waals surface area (Å²) in [6.45, 7) is 2.65. The maximum Gasteiger partial charge on any atom is 0.280 e. The molecule has 0 saturated carbocycles. The van der Waals surface area contributed by atoms with E-state index in [-0.39, 0.29) is 22.8 Å².